The molecule has 3 aromatic heterocycles. The normalized spacial score (nSPS) is 11.1. The van der Waals surface area contributed by atoms with Crippen molar-refractivity contribution in [2.75, 3.05) is 31.7 Å². The van der Waals surface area contributed by atoms with Crippen LogP contribution in [0.1, 0.15) is 0 Å². The topological polar surface area (TPSA) is 108 Å². The zero-order valence-electron chi connectivity index (χ0n) is 13.9. The number of anilines is 1. The molecular formula is C15H18N6O2S2. The van der Waals surface area contributed by atoms with Crippen molar-refractivity contribution in [2.24, 2.45) is 7.05 Å². The monoisotopic (exact) mass is 378 g/mol. The third kappa shape index (κ3) is 3.75. The molecule has 0 saturated carbocycles. The molecule has 3 aromatic rings. The van der Waals surface area contributed by atoms with E-state index in [1.54, 1.807) is 13.3 Å². The van der Waals surface area contributed by atoms with E-state index in [9.17, 15) is 4.79 Å². The van der Waals surface area contributed by atoms with Crippen LogP contribution in [0, 0.1) is 0 Å². The van der Waals surface area contributed by atoms with Gasteiger partial charge in [0.2, 0.25) is 5.91 Å². The summed E-state index contributed by atoms with van der Waals surface area (Å²) in [7, 11) is 3.45. The number of hydrogen-bond acceptors (Lipinski definition) is 8. The zero-order valence-corrected chi connectivity index (χ0v) is 15.5. The van der Waals surface area contributed by atoms with Gasteiger partial charge in [-0.25, -0.2) is 4.98 Å². The minimum atomic E-state index is -0.0721. The smallest absolute Gasteiger partial charge is 0.230 e. The number of nitrogens with one attached hydrogen (secondary N) is 1. The maximum Gasteiger partial charge on any atom is 0.230 e. The molecule has 0 aromatic carbocycles. The Kier molecular flexibility index (Phi) is 5.51. The van der Waals surface area contributed by atoms with Crippen LogP contribution in [-0.4, -0.2) is 51.7 Å². The average Bonchev–Trinajstić information content (AvgIpc) is 3.14. The molecule has 0 aliphatic heterocycles. The maximum absolute atomic E-state index is 11.8. The number of methoxy groups -OCH3 is 1. The Bertz CT molecular complexity index is 891. The third-order valence-corrected chi connectivity index (χ3v) is 5.65. The molecule has 0 unspecified atom stereocenters. The van der Waals surface area contributed by atoms with Crippen LogP contribution in [0.3, 0.4) is 0 Å². The lowest BCUT2D eigenvalue weighted by Gasteiger charge is -2.05. The van der Waals surface area contributed by atoms with Gasteiger partial charge >= 0.3 is 0 Å². The molecule has 0 aliphatic carbocycles. The lowest BCUT2D eigenvalue weighted by Crippen LogP contribution is -2.28. The number of nitrogen functional groups attached to an aromatic ring is 1. The van der Waals surface area contributed by atoms with Gasteiger partial charge in [0.15, 0.2) is 11.0 Å². The number of carbonyl (C=O) groups excluding carboxylic acids is 1. The van der Waals surface area contributed by atoms with Crippen molar-refractivity contribution in [3.05, 3.63) is 18.3 Å². The summed E-state index contributed by atoms with van der Waals surface area (Å²) >= 11 is 2.81. The number of aromatic nitrogens is 4. The standard InChI is InChI=1S/C15H18N6O2S2/c1-21-13(12-11(16)9-4-3-5-18-14(9)25-12)19-20-15(21)24-8-10(22)17-6-7-23-2/h3-5H,6-8,16H2,1-2H3,(H,17,22). The summed E-state index contributed by atoms with van der Waals surface area (Å²) in [6.45, 7) is 0.981. The molecule has 0 saturated heterocycles. The molecule has 0 radical (unpaired) electrons. The van der Waals surface area contributed by atoms with Gasteiger partial charge in [-0.05, 0) is 12.1 Å². The third-order valence-electron chi connectivity index (χ3n) is 3.50. The van der Waals surface area contributed by atoms with Crippen molar-refractivity contribution in [2.45, 2.75) is 5.16 Å². The van der Waals surface area contributed by atoms with Crippen molar-refractivity contribution >= 4 is 44.9 Å². The first-order chi connectivity index (χ1) is 12.1. The van der Waals surface area contributed by atoms with Gasteiger partial charge in [0.25, 0.3) is 0 Å². The molecule has 3 rings (SSSR count). The number of fused-ring (bicyclic) bond motifs is 1. The number of nitrogens with zero attached hydrogens (tertiary/aromatic N) is 4. The van der Waals surface area contributed by atoms with Crippen LogP contribution in [0.25, 0.3) is 20.9 Å². The number of rotatable bonds is 7. The number of thioether (sulfide) groups is 1. The van der Waals surface area contributed by atoms with Crippen molar-refractivity contribution in [3.63, 3.8) is 0 Å². The molecule has 8 nitrogen and oxygen atoms in total. The largest absolute Gasteiger partial charge is 0.397 e. The first kappa shape index (κ1) is 17.6. The van der Waals surface area contributed by atoms with Crippen molar-refractivity contribution in [1.29, 1.82) is 0 Å². The predicted octanol–water partition coefficient (Wildman–Crippen LogP) is 1.53. The molecule has 10 heteroatoms. The van der Waals surface area contributed by atoms with Crippen LogP contribution in [0.15, 0.2) is 23.5 Å². The van der Waals surface area contributed by atoms with E-state index in [-0.39, 0.29) is 11.7 Å². The van der Waals surface area contributed by atoms with E-state index in [0.717, 1.165) is 15.1 Å². The minimum absolute atomic E-state index is 0.0721. The Labute approximate surface area is 152 Å². The van der Waals surface area contributed by atoms with E-state index in [1.807, 2.05) is 23.7 Å². The second-order valence-electron chi connectivity index (χ2n) is 5.20. The number of hydrogen-bond donors (Lipinski definition) is 2. The Morgan fingerprint density at radius 2 is 2.32 bits per heavy atom. The van der Waals surface area contributed by atoms with Crippen LogP contribution in [0.2, 0.25) is 0 Å². The van der Waals surface area contributed by atoms with E-state index in [0.29, 0.717) is 29.8 Å². The summed E-state index contributed by atoms with van der Waals surface area (Å²) in [5, 5.41) is 12.8. The summed E-state index contributed by atoms with van der Waals surface area (Å²) in [5.74, 6) is 0.860. The fraction of sp³-hybridized carbons (Fsp3) is 0.333. The van der Waals surface area contributed by atoms with Gasteiger partial charge < -0.3 is 20.4 Å². The number of pyridine rings is 1. The predicted molar refractivity (Wildman–Crippen MR) is 99.6 cm³/mol. The number of nitrogens with two attached hydrogens (primary N) is 1. The fourth-order valence-corrected chi connectivity index (χ4v) is 4.05. The highest BCUT2D eigenvalue weighted by Crippen LogP contribution is 2.39. The quantitative estimate of drug-likeness (QED) is 0.474. The molecule has 132 valence electrons. The molecule has 1 amide bonds. The summed E-state index contributed by atoms with van der Waals surface area (Å²) < 4.78 is 6.74. The lowest BCUT2D eigenvalue weighted by atomic mass is 10.2. The average molecular weight is 378 g/mol. The zero-order chi connectivity index (χ0) is 17.8. The molecule has 3 heterocycles. The van der Waals surface area contributed by atoms with E-state index in [4.69, 9.17) is 10.5 Å². The first-order valence-electron chi connectivity index (χ1n) is 7.53. The van der Waals surface area contributed by atoms with E-state index in [2.05, 4.69) is 20.5 Å². The van der Waals surface area contributed by atoms with Crippen LogP contribution >= 0.6 is 23.1 Å². The second kappa shape index (κ2) is 7.81. The van der Waals surface area contributed by atoms with Crippen molar-refractivity contribution in [3.8, 4) is 10.7 Å². The number of thiophene rings is 1. The van der Waals surface area contributed by atoms with Gasteiger partial charge in [0.1, 0.15) is 4.83 Å². The Morgan fingerprint density at radius 3 is 3.08 bits per heavy atom. The maximum atomic E-state index is 11.8. The van der Waals surface area contributed by atoms with Crippen LogP contribution in [0.5, 0.6) is 0 Å². The number of amides is 1. The Balaban J connectivity index is 1.74. The van der Waals surface area contributed by atoms with Gasteiger partial charge in [-0.1, -0.05) is 11.8 Å². The first-order valence-corrected chi connectivity index (χ1v) is 9.33. The van der Waals surface area contributed by atoms with Crippen molar-refractivity contribution < 1.29 is 9.53 Å². The number of ether oxygens (including phenoxy) is 1. The molecule has 0 aliphatic rings. The summed E-state index contributed by atoms with van der Waals surface area (Å²) in [6.07, 6.45) is 1.74. The summed E-state index contributed by atoms with van der Waals surface area (Å²) in [5.41, 5.74) is 6.90. The Morgan fingerprint density at radius 1 is 1.48 bits per heavy atom. The van der Waals surface area contributed by atoms with E-state index < -0.39 is 0 Å². The highest BCUT2D eigenvalue weighted by atomic mass is 32.2. The molecule has 0 atom stereocenters. The van der Waals surface area contributed by atoms with Gasteiger partial charge in [0.05, 0.1) is 22.9 Å². The Hall–Kier alpha value is -2.17. The van der Waals surface area contributed by atoms with Gasteiger partial charge in [-0.15, -0.1) is 21.5 Å². The highest BCUT2D eigenvalue weighted by molar-refractivity contribution is 7.99. The summed E-state index contributed by atoms with van der Waals surface area (Å²) in [6, 6.07) is 3.80. The van der Waals surface area contributed by atoms with Crippen LogP contribution < -0.4 is 11.1 Å². The van der Waals surface area contributed by atoms with Gasteiger partial charge in [0, 0.05) is 32.3 Å². The second-order valence-corrected chi connectivity index (χ2v) is 7.14. The highest BCUT2D eigenvalue weighted by Gasteiger charge is 2.19. The van der Waals surface area contributed by atoms with Gasteiger partial charge in [-0.3, -0.25) is 4.79 Å². The lowest BCUT2D eigenvalue weighted by molar-refractivity contribution is -0.118. The van der Waals surface area contributed by atoms with E-state index in [1.165, 1.54) is 23.1 Å². The van der Waals surface area contributed by atoms with Crippen molar-refractivity contribution in [1.82, 2.24) is 25.1 Å². The SMILES string of the molecule is COCCNC(=O)CSc1nnc(-c2sc3ncccc3c2N)n1C. The minimum Gasteiger partial charge on any atom is -0.397 e. The van der Waals surface area contributed by atoms with Gasteiger partial charge in [-0.2, -0.15) is 0 Å². The van der Waals surface area contributed by atoms with E-state index >= 15 is 0 Å². The summed E-state index contributed by atoms with van der Waals surface area (Å²) in [4.78, 5) is 17.8. The molecule has 3 N–H and O–H groups in total. The molecule has 0 bridgehead atoms. The molecule has 0 spiro atoms. The van der Waals surface area contributed by atoms with Crippen LogP contribution in [0.4, 0.5) is 5.69 Å². The molecular weight excluding hydrogens is 360 g/mol. The molecule has 0 fully saturated rings. The number of carbonyl (C=O) groups is 1. The molecule has 25 heavy (non-hydrogen) atoms. The fourth-order valence-electron chi connectivity index (χ4n) is 2.23. The van der Waals surface area contributed by atoms with Crippen LogP contribution in [-0.2, 0) is 16.6 Å².